The van der Waals surface area contributed by atoms with Gasteiger partial charge < -0.3 is 19.5 Å². The minimum atomic E-state index is -1.36. The first-order valence-corrected chi connectivity index (χ1v) is 10.9. The lowest BCUT2D eigenvalue weighted by atomic mass is 10.0. The Hall–Kier alpha value is -4.13. The Labute approximate surface area is 198 Å². The van der Waals surface area contributed by atoms with Gasteiger partial charge in [-0.3, -0.25) is 9.59 Å². The molecule has 34 heavy (non-hydrogen) atoms. The summed E-state index contributed by atoms with van der Waals surface area (Å²) in [5.74, 6) is -2.95. The summed E-state index contributed by atoms with van der Waals surface area (Å²) in [6.07, 6.45) is -0.756. The molecule has 0 aliphatic rings. The third-order valence-corrected chi connectivity index (χ3v) is 5.01. The number of nitrogens with one attached hydrogen (secondary N) is 1. The zero-order chi connectivity index (χ0) is 24.2. The lowest BCUT2D eigenvalue weighted by Crippen LogP contribution is -2.46. The average molecular weight is 462 g/mol. The zero-order valence-corrected chi connectivity index (χ0v) is 18.9. The van der Waals surface area contributed by atoms with Crippen LogP contribution < -0.4 is 5.32 Å². The van der Waals surface area contributed by atoms with Gasteiger partial charge in [0.2, 0.25) is 0 Å². The second-order valence-corrected chi connectivity index (χ2v) is 7.66. The Bertz CT molecular complexity index is 1000. The maximum absolute atomic E-state index is 12.9. The Kier molecular flexibility index (Phi) is 9.22. The fourth-order valence-corrected chi connectivity index (χ4v) is 3.18. The summed E-state index contributed by atoms with van der Waals surface area (Å²) in [6.45, 7) is 1.57. The molecule has 3 aromatic carbocycles. The maximum Gasteiger partial charge on any atom is 0.407 e. The highest BCUT2D eigenvalue weighted by molar-refractivity contribution is 5.96. The molecule has 0 fully saturated rings. The molecule has 0 aliphatic carbocycles. The van der Waals surface area contributed by atoms with Crippen LogP contribution in [0.1, 0.15) is 23.6 Å². The number of carbonyl (C=O) groups is 3. The van der Waals surface area contributed by atoms with Gasteiger partial charge in [-0.25, -0.2) is 4.79 Å². The number of hydrogen-bond donors (Lipinski definition) is 1. The Balaban J connectivity index is 1.62. The second-order valence-electron chi connectivity index (χ2n) is 7.66. The van der Waals surface area contributed by atoms with Crippen molar-refractivity contribution in [1.82, 2.24) is 5.32 Å². The van der Waals surface area contributed by atoms with Crippen molar-refractivity contribution in [2.75, 3.05) is 0 Å². The molecule has 7 nitrogen and oxygen atoms in total. The molecule has 3 rings (SSSR count). The maximum atomic E-state index is 12.9. The monoisotopic (exact) mass is 461 g/mol. The highest BCUT2D eigenvalue weighted by Gasteiger charge is 2.36. The van der Waals surface area contributed by atoms with Gasteiger partial charge in [0.05, 0.1) is 6.04 Å². The zero-order valence-electron chi connectivity index (χ0n) is 18.9. The number of benzene rings is 3. The number of ether oxygens (including phenoxy) is 3. The van der Waals surface area contributed by atoms with E-state index in [2.05, 4.69) is 5.32 Å². The van der Waals surface area contributed by atoms with Crippen molar-refractivity contribution in [3.8, 4) is 0 Å². The van der Waals surface area contributed by atoms with Gasteiger partial charge in [0.15, 0.2) is 5.92 Å². The van der Waals surface area contributed by atoms with E-state index in [9.17, 15) is 14.4 Å². The topological polar surface area (TPSA) is 90.9 Å². The summed E-state index contributed by atoms with van der Waals surface area (Å²) in [5, 5.41) is 2.55. The molecule has 176 valence electrons. The van der Waals surface area contributed by atoms with E-state index in [4.69, 9.17) is 14.2 Å². The molecule has 3 aromatic rings. The lowest BCUT2D eigenvalue weighted by molar-refractivity contribution is -0.164. The Morgan fingerprint density at radius 2 is 0.971 bits per heavy atom. The van der Waals surface area contributed by atoms with Gasteiger partial charge in [0.25, 0.3) is 0 Å². The molecule has 0 spiro atoms. The lowest BCUT2D eigenvalue weighted by Gasteiger charge is -2.22. The van der Waals surface area contributed by atoms with Gasteiger partial charge in [0, 0.05) is 0 Å². The predicted molar refractivity (Wildman–Crippen MR) is 125 cm³/mol. The summed E-state index contributed by atoms with van der Waals surface area (Å²) >= 11 is 0. The van der Waals surface area contributed by atoms with Crippen LogP contribution in [0, 0.1) is 5.92 Å². The molecule has 0 heterocycles. The molecule has 0 radical (unpaired) electrons. The molecular weight excluding hydrogens is 434 g/mol. The molecule has 1 unspecified atom stereocenters. The SMILES string of the molecule is CC(NC(=O)OCc1ccccc1)C(C(=O)OCc1ccccc1)C(=O)OCc1ccccc1. The number of hydrogen-bond acceptors (Lipinski definition) is 6. The van der Waals surface area contributed by atoms with Crippen LogP contribution in [-0.4, -0.2) is 24.1 Å². The fourth-order valence-electron chi connectivity index (χ4n) is 3.18. The third kappa shape index (κ3) is 7.78. The molecule has 1 amide bonds. The summed E-state index contributed by atoms with van der Waals surface area (Å²) < 4.78 is 15.9. The fraction of sp³-hybridized carbons (Fsp3) is 0.222. The van der Waals surface area contributed by atoms with Crippen LogP contribution in [0.2, 0.25) is 0 Å². The van der Waals surface area contributed by atoms with Crippen LogP contribution in [0.25, 0.3) is 0 Å². The van der Waals surface area contributed by atoms with Crippen LogP contribution in [0.15, 0.2) is 91.0 Å². The molecule has 1 atom stereocenters. The largest absolute Gasteiger partial charge is 0.460 e. The molecule has 0 aliphatic heterocycles. The molecule has 1 N–H and O–H groups in total. The number of alkyl carbamates (subject to hydrolysis) is 1. The van der Waals surface area contributed by atoms with Crippen LogP contribution in [0.5, 0.6) is 0 Å². The van der Waals surface area contributed by atoms with Crippen molar-refractivity contribution in [1.29, 1.82) is 0 Å². The standard InChI is InChI=1S/C27H27NO6/c1-20(28-27(31)34-19-23-15-9-4-10-16-23)24(25(29)32-17-21-11-5-2-6-12-21)26(30)33-18-22-13-7-3-8-14-22/h2-16,20,24H,17-19H2,1H3,(H,28,31). The van der Waals surface area contributed by atoms with Crippen molar-refractivity contribution in [2.45, 2.75) is 32.8 Å². The van der Waals surface area contributed by atoms with E-state index in [1.807, 2.05) is 66.7 Å². The summed E-state index contributed by atoms with van der Waals surface area (Å²) in [4.78, 5) is 38.0. The molecule has 0 aromatic heterocycles. The summed E-state index contributed by atoms with van der Waals surface area (Å²) in [7, 11) is 0. The van der Waals surface area contributed by atoms with Crippen molar-refractivity contribution in [3.63, 3.8) is 0 Å². The normalized spacial score (nSPS) is 11.4. The third-order valence-electron chi connectivity index (χ3n) is 5.01. The average Bonchev–Trinajstić information content (AvgIpc) is 2.87. The number of esters is 2. The molecular formula is C27H27NO6. The first kappa shape index (κ1) is 24.5. The van der Waals surface area contributed by atoms with Crippen molar-refractivity contribution < 1.29 is 28.6 Å². The van der Waals surface area contributed by atoms with Crippen LogP contribution in [-0.2, 0) is 43.6 Å². The molecule has 7 heteroatoms. The van der Waals surface area contributed by atoms with E-state index >= 15 is 0 Å². The smallest absolute Gasteiger partial charge is 0.407 e. The predicted octanol–water partition coefficient (Wildman–Crippen LogP) is 4.40. The highest BCUT2D eigenvalue weighted by Crippen LogP contribution is 2.14. The summed E-state index contributed by atoms with van der Waals surface area (Å²) in [6, 6.07) is 26.4. The van der Waals surface area contributed by atoms with Gasteiger partial charge in [-0.05, 0) is 23.6 Å². The van der Waals surface area contributed by atoms with E-state index in [0.717, 1.165) is 16.7 Å². The number of carbonyl (C=O) groups excluding carboxylic acids is 3. The van der Waals surface area contributed by atoms with Crippen molar-refractivity contribution in [3.05, 3.63) is 108 Å². The van der Waals surface area contributed by atoms with Crippen LogP contribution >= 0.6 is 0 Å². The van der Waals surface area contributed by atoms with Gasteiger partial charge in [-0.2, -0.15) is 0 Å². The van der Waals surface area contributed by atoms with Gasteiger partial charge in [-0.15, -0.1) is 0 Å². The first-order chi connectivity index (χ1) is 16.5. The Morgan fingerprint density at radius 3 is 1.35 bits per heavy atom. The van der Waals surface area contributed by atoms with Crippen LogP contribution in [0.3, 0.4) is 0 Å². The number of amides is 1. The second kappa shape index (κ2) is 12.8. The quantitative estimate of drug-likeness (QED) is 0.273. The van der Waals surface area contributed by atoms with E-state index in [-0.39, 0.29) is 19.8 Å². The molecule has 0 bridgehead atoms. The van der Waals surface area contributed by atoms with Gasteiger partial charge >= 0.3 is 18.0 Å². The van der Waals surface area contributed by atoms with E-state index in [1.54, 1.807) is 24.3 Å². The molecule has 0 saturated heterocycles. The minimum absolute atomic E-state index is 0.00663. The van der Waals surface area contributed by atoms with Gasteiger partial charge in [-0.1, -0.05) is 91.0 Å². The van der Waals surface area contributed by atoms with E-state index in [0.29, 0.717) is 0 Å². The number of rotatable bonds is 10. The van der Waals surface area contributed by atoms with E-state index < -0.39 is 30.0 Å². The van der Waals surface area contributed by atoms with Crippen LogP contribution in [0.4, 0.5) is 4.79 Å². The summed E-state index contributed by atoms with van der Waals surface area (Å²) in [5.41, 5.74) is 2.36. The Morgan fingerprint density at radius 1 is 0.618 bits per heavy atom. The van der Waals surface area contributed by atoms with Crippen molar-refractivity contribution >= 4 is 18.0 Å². The van der Waals surface area contributed by atoms with E-state index in [1.165, 1.54) is 6.92 Å². The highest BCUT2D eigenvalue weighted by atomic mass is 16.6. The van der Waals surface area contributed by atoms with Crippen molar-refractivity contribution in [2.24, 2.45) is 5.92 Å². The first-order valence-electron chi connectivity index (χ1n) is 10.9. The minimum Gasteiger partial charge on any atom is -0.460 e. The molecule has 0 saturated carbocycles. The van der Waals surface area contributed by atoms with Gasteiger partial charge in [0.1, 0.15) is 19.8 Å².